The van der Waals surface area contributed by atoms with Crippen molar-refractivity contribution >= 4 is 34.8 Å². The first-order valence-corrected chi connectivity index (χ1v) is 7.82. The van der Waals surface area contributed by atoms with Crippen LogP contribution in [0.15, 0.2) is 54.7 Å². The molecule has 0 aliphatic heterocycles. The number of amides is 1. The summed E-state index contributed by atoms with van der Waals surface area (Å²) in [5, 5.41) is 6.23. The molecule has 0 unspecified atom stereocenters. The third-order valence-corrected chi connectivity index (χ3v) is 3.67. The predicted molar refractivity (Wildman–Crippen MR) is 95.9 cm³/mol. The molecule has 7 heteroatoms. The van der Waals surface area contributed by atoms with E-state index in [4.69, 9.17) is 11.6 Å². The summed E-state index contributed by atoms with van der Waals surface area (Å²) in [5.74, 6) is -0.478. The summed E-state index contributed by atoms with van der Waals surface area (Å²) in [6.07, 6.45) is 1.47. The zero-order chi connectivity index (χ0) is 17.8. The van der Waals surface area contributed by atoms with Crippen molar-refractivity contribution in [3.05, 3.63) is 76.8 Å². The van der Waals surface area contributed by atoms with Gasteiger partial charge in [0.15, 0.2) is 0 Å². The molecule has 1 heterocycles. The summed E-state index contributed by atoms with van der Waals surface area (Å²) >= 11 is 5.96. The normalized spacial score (nSPS) is 10.4. The lowest BCUT2D eigenvalue weighted by Crippen LogP contribution is -2.15. The fourth-order valence-corrected chi connectivity index (χ4v) is 2.30. The minimum Gasteiger partial charge on any atom is -0.324 e. The maximum atomic E-state index is 12.9. The van der Waals surface area contributed by atoms with Crippen LogP contribution < -0.4 is 10.6 Å². The summed E-state index contributed by atoms with van der Waals surface area (Å²) in [7, 11) is 0. The Balaban J connectivity index is 1.77. The predicted octanol–water partition coefficient (Wildman–Crippen LogP) is 4.57. The van der Waals surface area contributed by atoms with Gasteiger partial charge in [-0.05, 0) is 55.0 Å². The average molecular weight is 357 g/mol. The van der Waals surface area contributed by atoms with Gasteiger partial charge in [-0.15, -0.1) is 0 Å². The molecule has 1 amide bonds. The van der Waals surface area contributed by atoms with E-state index in [-0.39, 0.29) is 23.4 Å². The van der Waals surface area contributed by atoms with E-state index in [1.807, 2.05) is 13.0 Å². The van der Waals surface area contributed by atoms with E-state index in [1.54, 1.807) is 24.3 Å². The molecule has 0 radical (unpaired) electrons. The van der Waals surface area contributed by atoms with Crippen LogP contribution >= 0.6 is 11.6 Å². The van der Waals surface area contributed by atoms with Gasteiger partial charge < -0.3 is 10.6 Å². The number of aryl methyl sites for hydroxylation is 1. The van der Waals surface area contributed by atoms with Crippen molar-refractivity contribution < 1.29 is 9.18 Å². The Morgan fingerprint density at radius 2 is 1.88 bits per heavy atom. The molecule has 0 spiro atoms. The van der Waals surface area contributed by atoms with E-state index in [0.717, 1.165) is 5.56 Å². The number of hydrogen-bond acceptors (Lipinski definition) is 4. The van der Waals surface area contributed by atoms with E-state index < -0.39 is 0 Å². The molecular formula is C18H14ClFN4O. The molecule has 2 aromatic carbocycles. The Bertz CT molecular complexity index is 915. The number of rotatable bonds is 4. The first-order valence-electron chi connectivity index (χ1n) is 7.44. The van der Waals surface area contributed by atoms with E-state index >= 15 is 0 Å². The van der Waals surface area contributed by atoms with Crippen molar-refractivity contribution in [2.24, 2.45) is 0 Å². The summed E-state index contributed by atoms with van der Waals surface area (Å²) in [5.41, 5.74) is 2.31. The van der Waals surface area contributed by atoms with Gasteiger partial charge in [-0.3, -0.25) is 4.79 Å². The molecule has 25 heavy (non-hydrogen) atoms. The van der Waals surface area contributed by atoms with E-state index in [9.17, 15) is 9.18 Å². The number of halogens is 2. The summed E-state index contributed by atoms with van der Waals surface area (Å²) < 4.78 is 12.9. The highest BCUT2D eigenvalue weighted by Gasteiger charge is 2.11. The van der Waals surface area contributed by atoms with Gasteiger partial charge in [0.05, 0.1) is 0 Å². The van der Waals surface area contributed by atoms with Crippen LogP contribution in [0.3, 0.4) is 0 Å². The summed E-state index contributed by atoms with van der Waals surface area (Å²) in [6.45, 7) is 1.87. The lowest BCUT2D eigenvalue weighted by Gasteiger charge is -2.09. The van der Waals surface area contributed by atoms with Crippen molar-refractivity contribution in [3.63, 3.8) is 0 Å². The van der Waals surface area contributed by atoms with Crippen molar-refractivity contribution in [1.29, 1.82) is 0 Å². The molecule has 0 fully saturated rings. The summed E-state index contributed by atoms with van der Waals surface area (Å²) in [4.78, 5) is 20.6. The SMILES string of the molecule is Cc1ccc(Cl)cc1NC(=O)c1ccnc(Nc2ccc(F)cc2)n1. The largest absolute Gasteiger partial charge is 0.324 e. The minimum absolute atomic E-state index is 0.194. The molecule has 0 aliphatic carbocycles. The zero-order valence-electron chi connectivity index (χ0n) is 13.3. The lowest BCUT2D eigenvalue weighted by molar-refractivity contribution is 0.102. The van der Waals surface area contributed by atoms with Crippen LogP contribution in [0.25, 0.3) is 0 Å². The summed E-state index contributed by atoms with van der Waals surface area (Å²) in [6, 6.07) is 12.5. The quantitative estimate of drug-likeness (QED) is 0.718. The van der Waals surface area contributed by atoms with E-state index in [0.29, 0.717) is 16.4 Å². The Morgan fingerprint density at radius 1 is 1.12 bits per heavy atom. The maximum absolute atomic E-state index is 12.9. The second-order valence-electron chi connectivity index (χ2n) is 5.31. The smallest absolute Gasteiger partial charge is 0.274 e. The Morgan fingerprint density at radius 3 is 2.64 bits per heavy atom. The van der Waals surface area contributed by atoms with E-state index in [1.165, 1.54) is 24.4 Å². The Labute approximate surface area is 148 Å². The van der Waals surface area contributed by atoms with Crippen molar-refractivity contribution in [1.82, 2.24) is 9.97 Å². The van der Waals surface area contributed by atoms with Gasteiger partial charge in [0.25, 0.3) is 5.91 Å². The van der Waals surface area contributed by atoms with Gasteiger partial charge in [0.1, 0.15) is 11.5 Å². The number of hydrogen-bond donors (Lipinski definition) is 2. The molecule has 2 N–H and O–H groups in total. The van der Waals surface area contributed by atoms with Gasteiger partial charge in [-0.25, -0.2) is 14.4 Å². The van der Waals surface area contributed by atoms with Crippen LogP contribution in [0.5, 0.6) is 0 Å². The monoisotopic (exact) mass is 356 g/mol. The average Bonchev–Trinajstić information content (AvgIpc) is 2.60. The molecule has 1 aromatic heterocycles. The van der Waals surface area contributed by atoms with Crippen LogP contribution in [-0.4, -0.2) is 15.9 Å². The maximum Gasteiger partial charge on any atom is 0.274 e. The standard InChI is InChI=1S/C18H14ClFN4O/c1-11-2-3-12(19)10-16(11)23-17(25)15-8-9-21-18(24-15)22-14-6-4-13(20)5-7-14/h2-10H,1H3,(H,23,25)(H,21,22,24). The molecule has 0 bridgehead atoms. The van der Waals surface area contributed by atoms with Crippen LogP contribution in [0.1, 0.15) is 16.1 Å². The Kier molecular flexibility index (Phi) is 4.90. The van der Waals surface area contributed by atoms with Crippen molar-refractivity contribution in [2.75, 3.05) is 10.6 Å². The van der Waals surface area contributed by atoms with Crippen LogP contribution in [-0.2, 0) is 0 Å². The molecule has 0 saturated carbocycles. The second kappa shape index (κ2) is 7.27. The van der Waals surface area contributed by atoms with Crippen LogP contribution in [0, 0.1) is 12.7 Å². The topological polar surface area (TPSA) is 66.9 Å². The highest BCUT2D eigenvalue weighted by Crippen LogP contribution is 2.21. The number of benzene rings is 2. The third kappa shape index (κ3) is 4.30. The minimum atomic E-state index is -0.380. The van der Waals surface area contributed by atoms with Gasteiger partial charge in [0.2, 0.25) is 5.95 Å². The van der Waals surface area contributed by atoms with Gasteiger partial charge in [0, 0.05) is 22.6 Å². The molecule has 0 saturated heterocycles. The van der Waals surface area contributed by atoms with Crippen LogP contribution in [0.2, 0.25) is 5.02 Å². The molecule has 3 aromatic rings. The lowest BCUT2D eigenvalue weighted by atomic mass is 10.2. The third-order valence-electron chi connectivity index (χ3n) is 3.44. The Hall–Kier alpha value is -2.99. The number of carbonyl (C=O) groups excluding carboxylic acids is 1. The van der Waals surface area contributed by atoms with Gasteiger partial charge in [-0.2, -0.15) is 0 Å². The molecule has 3 rings (SSSR count). The fourth-order valence-electron chi connectivity index (χ4n) is 2.12. The highest BCUT2D eigenvalue weighted by molar-refractivity contribution is 6.31. The number of carbonyl (C=O) groups is 1. The fraction of sp³-hybridized carbons (Fsp3) is 0.0556. The molecule has 5 nitrogen and oxygen atoms in total. The number of aromatic nitrogens is 2. The van der Waals surface area contributed by atoms with Crippen molar-refractivity contribution in [3.8, 4) is 0 Å². The highest BCUT2D eigenvalue weighted by atomic mass is 35.5. The number of nitrogens with zero attached hydrogens (tertiary/aromatic N) is 2. The zero-order valence-corrected chi connectivity index (χ0v) is 14.0. The van der Waals surface area contributed by atoms with Gasteiger partial charge in [-0.1, -0.05) is 17.7 Å². The first-order chi connectivity index (χ1) is 12.0. The molecule has 0 aliphatic rings. The van der Waals surface area contributed by atoms with Gasteiger partial charge >= 0.3 is 0 Å². The molecular weight excluding hydrogens is 343 g/mol. The number of nitrogens with one attached hydrogen (secondary N) is 2. The van der Waals surface area contributed by atoms with Crippen molar-refractivity contribution in [2.45, 2.75) is 6.92 Å². The number of anilines is 3. The molecule has 126 valence electrons. The first kappa shape index (κ1) is 16.9. The molecule has 0 atom stereocenters. The van der Waals surface area contributed by atoms with Crippen LogP contribution in [0.4, 0.5) is 21.7 Å². The van der Waals surface area contributed by atoms with E-state index in [2.05, 4.69) is 20.6 Å². The second-order valence-corrected chi connectivity index (χ2v) is 5.75.